The minimum absolute atomic E-state index is 0.191. The summed E-state index contributed by atoms with van der Waals surface area (Å²) in [6.07, 6.45) is 0.523. The normalized spacial score (nSPS) is 20.6. The van der Waals surface area contributed by atoms with Crippen LogP contribution in [0.2, 0.25) is 0 Å². The molecule has 0 aromatic heterocycles. The Labute approximate surface area is 206 Å². The second-order valence-corrected chi connectivity index (χ2v) is 9.07. The zero-order chi connectivity index (χ0) is 24.5. The molecule has 2 fully saturated rings. The standard InChI is InChI=1S/C25H25B2N3O5/c26-22-15(12-29-8-10-34-11-9-29)4-5-16(23(22)27)14-35-20-3-1-2-17-18(20)13-30(25(17)33)19-6-7-21(31)28-24(19)32/h1-5,19H,6-14H2,(H,28,31,32). The fraction of sp³-hybridized carbons (Fsp3) is 0.400. The van der Waals surface area contributed by atoms with Crippen LogP contribution in [0.3, 0.4) is 0 Å². The molecule has 2 saturated heterocycles. The monoisotopic (exact) mass is 469 g/mol. The first-order chi connectivity index (χ1) is 16.9. The number of fused-ring (bicyclic) bond motifs is 1. The number of piperidine rings is 1. The molecule has 176 valence electrons. The van der Waals surface area contributed by atoms with Gasteiger partial charge in [0, 0.05) is 37.2 Å². The average molecular weight is 469 g/mol. The van der Waals surface area contributed by atoms with E-state index in [1.54, 1.807) is 18.2 Å². The van der Waals surface area contributed by atoms with Gasteiger partial charge >= 0.3 is 0 Å². The molecule has 10 heteroatoms. The van der Waals surface area contributed by atoms with Gasteiger partial charge in [-0.1, -0.05) is 29.1 Å². The molecular weight excluding hydrogens is 444 g/mol. The number of nitrogens with one attached hydrogen (secondary N) is 1. The summed E-state index contributed by atoms with van der Waals surface area (Å²) >= 11 is 0. The molecule has 35 heavy (non-hydrogen) atoms. The van der Waals surface area contributed by atoms with Gasteiger partial charge in [0.15, 0.2) is 0 Å². The van der Waals surface area contributed by atoms with Crippen molar-refractivity contribution in [1.82, 2.24) is 15.1 Å². The van der Waals surface area contributed by atoms with Crippen LogP contribution in [0.4, 0.5) is 0 Å². The minimum atomic E-state index is -0.671. The molecule has 3 amide bonds. The van der Waals surface area contributed by atoms with Crippen molar-refractivity contribution in [3.63, 3.8) is 0 Å². The summed E-state index contributed by atoms with van der Waals surface area (Å²) in [5, 5.41) is 2.32. The molecule has 0 saturated carbocycles. The predicted molar refractivity (Wildman–Crippen MR) is 130 cm³/mol. The first-order valence-corrected chi connectivity index (χ1v) is 11.8. The molecule has 3 aliphatic heterocycles. The van der Waals surface area contributed by atoms with Crippen molar-refractivity contribution in [3.8, 4) is 5.75 Å². The van der Waals surface area contributed by atoms with Gasteiger partial charge in [-0.25, -0.2) is 0 Å². The van der Waals surface area contributed by atoms with Crippen LogP contribution in [-0.2, 0) is 34.0 Å². The van der Waals surface area contributed by atoms with E-state index in [0.717, 1.165) is 29.8 Å². The highest BCUT2D eigenvalue weighted by atomic mass is 16.5. The number of amides is 3. The number of ether oxygens (including phenoxy) is 2. The Morgan fingerprint density at radius 3 is 2.54 bits per heavy atom. The van der Waals surface area contributed by atoms with E-state index < -0.39 is 11.9 Å². The fourth-order valence-electron chi connectivity index (χ4n) is 4.84. The third-order valence-corrected chi connectivity index (χ3v) is 6.89. The molecule has 4 radical (unpaired) electrons. The van der Waals surface area contributed by atoms with E-state index in [2.05, 4.69) is 10.2 Å². The molecule has 0 bridgehead atoms. The lowest BCUT2D eigenvalue weighted by Crippen LogP contribution is -2.52. The van der Waals surface area contributed by atoms with Gasteiger partial charge in [0.25, 0.3) is 5.91 Å². The molecule has 8 nitrogen and oxygen atoms in total. The Hall–Kier alpha value is -3.10. The van der Waals surface area contributed by atoms with Crippen molar-refractivity contribution in [2.24, 2.45) is 0 Å². The highest BCUT2D eigenvalue weighted by molar-refractivity contribution is 6.49. The lowest BCUT2D eigenvalue weighted by molar-refractivity contribution is -0.136. The van der Waals surface area contributed by atoms with Gasteiger partial charge < -0.3 is 14.4 Å². The maximum Gasteiger partial charge on any atom is 0.255 e. The largest absolute Gasteiger partial charge is 0.489 e. The van der Waals surface area contributed by atoms with Crippen LogP contribution >= 0.6 is 0 Å². The van der Waals surface area contributed by atoms with Crippen molar-refractivity contribution < 1.29 is 23.9 Å². The second-order valence-electron chi connectivity index (χ2n) is 9.07. The van der Waals surface area contributed by atoms with E-state index in [0.29, 0.717) is 48.4 Å². The average Bonchev–Trinajstić information content (AvgIpc) is 3.19. The molecule has 5 rings (SSSR count). The van der Waals surface area contributed by atoms with E-state index in [-0.39, 0.29) is 31.4 Å². The zero-order valence-corrected chi connectivity index (χ0v) is 19.4. The summed E-state index contributed by atoms with van der Waals surface area (Å²) < 4.78 is 11.5. The van der Waals surface area contributed by atoms with Crippen LogP contribution in [0.5, 0.6) is 5.75 Å². The van der Waals surface area contributed by atoms with Crippen LogP contribution < -0.4 is 21.0 Å². The van der Waals surface area contributed by atoms with E-state index in [4.69, 9.17) is 25.2 Å². The van der Waals surface area contributed by atoms with Crippen LogP contribution in [0.1, 0.15) is 39.9 Å². The number of morpholine rings is 1. The van der Waals surface area contributed by atoms with Crippen LogP contribution in [0, 0.1) is 0 Å². The van der Waals surface area contributed by atoms with Crippen LogP contribution in [0.25, 0.3) is 0 Å². The molecule has 1 unspecified atom stereocenters. The quantitative estimate of drug-likeness (QED) is 0.452. The number of nitrogens with zero attached hydrogens (tertiary/aromatic N) is 2. The Morgan fingerprint density at radius 1 is 1.03 bits per heavy atom. The first kappa shape index (κ1) is 23.6. The Kier molecular flexibility index (Phi) is 6.67. The summed E-state index contributed by atoms with van der Waals surface area (Å²) in [6.45, 7) is 4.29. The van der Waals surface area contributed by atoms with Gasteiger partial charge in [-0.2, -0.15) is 0 Å². The predicted octanol–water partition coefficient (Wildman–Crippen LogP) is -0.554. The Morgan fingerprint density at radius 2 is 1.77 bits per heavy atom. The van der Waals surface area contributed by atoms with Crippen molar-refractivity contribution in [1.29, 1.82) is 0 Å². The molecule has 2 aromatic carbocycles. The van der Waals surface area contributed by atoms with Crippen molar-refractivity contribution in [3.05, 3.63) is 52.6 Å². The van der Waals surface area contributed by atoms with Crippen LogP contribution in [-0.4, -0.2) is 75.6 Å². The van der Waals surface area contributed by atoms with Crippen molar-refractivity contribution >= 4 is 44.3 Å². The zero-order valence-electron chi connectivity index (χ0n) is 19.4. The highest BCUT2D eigenvalue weighted by Crippen LogP contribution is 2.33. The summed E-state index contributed by atoms with van der Waals surface area (Å²) in [4.78, 5) is 40.6. The third kappa shape index (κ3) is 4.73. The number of carbonyl (C=O) groups is 3. The van der Waals surface area contributed by atoms with Gasteiger partial charge in [-0.3, -0.25) is 24.6 Å². The fourth-order valence-corrected chi connectivity index (χ4v) is 4.84. The molecule has 2 aromatic rings. The van der Waals surface area contributed by atoms with Gasteiger partial charge in [0.05, 0.1) is 19.8 Å². The lowest BCUT2D eigenvalue weighted by atomic mass is 9.75. The minimum Gasteiger partial charge on any atom is -0.489 e. The Balaban J connectivity index is 1.29. The number of imide groups is 1. The summed E-state index contributed by atoms with van der Waals surface area (Å²) in [5.41, 5.74) is 3.99. The summed E-state index contributed by atoms with van der Waals surface area (Å²) in [7, 11) is 12.7. The maximum atomic E-state index is 13.0. The number of hydrogen-bond donors (Lipinski definition) is 1. The Bertz CT molecular complexity index is 1180. The third-order valence-electron chi connectivity index (χ3n) is 6.89. The van der Waals surface area contributed by atoms with Gasteiger partial charge in [0.2, 0.25) is 11.8 Å². The maximum absolute atomic E-state index is 13.0. The summed E-state index contributed by atoms with van der Waals surface area (Å²) in [6, 6.07) is 8.50. The smallest absolute Gasteiger partial charge is 0.255 e. The molecule has 3 heterocycles. The number of hydrogen-bond acceptors (Lipinski definition) is 6. The van der Waals surface area contributed by atoms with Gasteiger partial charge in [-0.05, 0) is 29.7 Å². The summed E-state index contributed by atoms with van der Waals surface area (Å²) in [5.74, 6) is -0.435. The molecule has 1 N–H and O–H groups in total. The van der Waals surface area contributed by atoms with E-state index in [9.17, 15) is 14.4 Å². The van der Waals surface area contributed by atoms with E-state index in [1.165, 1.54) is 4.90 Å². The molecule has 0 aliphatic carbocycles. The SMILES string of the molecule is [B]c1c(COc2cccc3c2CN(C2CCC(=O)NC2=O)C3=O)ccc(CN2CCOCC2)c1[B]. The number of rotatable bonds is 6. The van der Waals surface area contributed by atoms with Crippen molar-refractivity contribution in [2.45, 2.75) is 38.6 Å². The van der Waals surface area contributed by atoms with Gasteiger partial charge in [-0.15, -0.1) is 0 Å². The highest BCUT2D eigenvalue weighted by Gasteiger charge is 2.40. The first-order valence-electron chi connectivity index (χ1n) is 11.8. The second kappa shape index (κ2) is 9.87. The molecule has 1 atom stereocenters. The van der Waals surface area contributed by atoms with Crippen LogP contribution in [0.15, 0.2) is 30.3 Å². The molecule has 0 spiro atoms. The lowest BCUT2D eigenvalue weighted by Gasteiger charge is -2.29. The van der Waals surface area contributed by atoms with Gasteiger partial charge in [0.1, 0.15) is 34.1 Å². The van der Waals surface area contributed by atoms with Crippen molar-refractivity contribution in [2.75, 3.05) is 26.3 Å². The van der Waals surface area contributed by atoms with E-state index in [1.807, 2.05) is 12.1 Å². The molecule has 3 aliphatic rings. The number of benzene rings is 2. The number of carbonyl (C=O) groups excluding carboxylic acids is 3. The molecular formula is C25H25B2N3O5. The van der Waals surface area contributed by atoms with E-state index >= 15 is 0 Å². The topological polar surface area (TPSA) is 88.2 Å².